The first-order chi connectivity index (χ1) is 10.9. The molecule has 4 amide bonds. The molecule has 1 unspecified atom stereocenters. The van der Waals surface area contributed by atoms with E-state index in [9.17, 15) is 29.1 Å². The smallest absolute Gasteiger partial charge is 0.336 e. The monoisotopic (exact) mass is 316 g/mol. The predicted octanol–water partition coefficient (Wildman–Crippen LogP) is -0.285. The van der Waals surface area contributed by atoms with Crippen LogP contribution in [0.4, 0.5) is 0 Å². The molecule has 0 aromatic heterocycles. The fraction of sp³-hybridized carbons (Fsp3) is 0.267. The topological polar surface area (TPSA) is 121 Å². The van der Waals surface area contributed by atoms with Crippen LogP contribution < -0.4 is 5.32 Å². The van der Waals surface area contributed by atoms with E-state index in [1.807, 2.05) is 0 Å². The molecule has 0 spiro atoms. The van der Waals surface area contributed by atoms with Gasteiger partial charge in [-0.25, -0.2) is 4.79 Å². The summed E-state index contributed by atoms with van der Waals surface area (Å²) < 4.78 is 0. The Morgan fingerprint density at radius 2 is 1.96 bits per heavy atom. The third kappa shape index (κ3) is 2.37. The number of fused-ring (bicyclic) bond motifs is 1. The van der Waals surface area contributed by atoms with Crippen LogP contribution in [0.25, 0.3) is 0 Å². The summed E-state index contributed by atoms with van der Waals surface area (Å²) in [5.41, 5.74) is 0.0324. The fourth-order valence-electron chi connectivity index (χ4n) is 2.90. The van der Waals surface area contributed by atoms with Gasteiger partial charge in [0.2, 0.25) is 17.7 Å². The van der Waals surface area contributed by atoms with Crippen LogP contribution in [-0.4, -0.2) is 45.6 Å². The normalized spacial score (nSPS) is 21.0. The second kappa shape index (κ2) is 5.31. The van der Waals surface area contributed by atoms with Crippen LogP contribution in [0, 0.1) is 0 Å². The minimum Gasteiger partial charge on any atom is -0.478 e. The maximum Gasteiger partial charge on any atom is 0.336 e. The van der Waals surface area contributed by atoms with Crippen molar-refractivity contribution in [2.45, 2.75) is 25.3 Å². The van der Waals surface area contributed by atoms with Crippen molar-refractivity contribution in [3.8, 4) is 0 Å². The van der Waals surface area contributed by atoms with Gasteiger partial charge in [0.15, 0.2) is 0 Å². The van der Waals surface area contributed by atoms with E-state index in [-0.39, 0.29) is 30.4 Å². The lowest BCUT2D eigenvalue weighted by Crippen LogP contribution is -2.58. The van der Waals surface area contributed by atoms with Gasteiger partial charge in [-0.2, -0.15) is 0 Å². The highest BCUT2D eigenvalue weighted by Gasteiger charge is 2.42. The zero-order valence-corrected chi connectivity index (χ0v) is 11.9. The maximum atomic E-state index is 12.7. The Morgan fingerprint density at radius 1 is 1.22 bits per heavy atom. The average molecular weight is 316 g/mol. The Labute approximate surface area is 130 Å². The van der Waals surface area contributed by atoms with Crippen molar-refractivity contribution in [1.29, 1.82) is 0 Å². The minimum absolute atomic E-state index is 0.0148. The van der Waals surface area contributed by atoms with Gasteiger partial charge in [0.05, 0.1) is 17.5 Å². The van der Waals surface area contributed by atoms with Gasteiger partial charge in [-0.15, -0.1) is 0 Å². The summed E-state index contributed by atoms with van der Waals surface area (Å²) in [6, 6.07) is 3.16. The zero-order chi connectivity index (χ0) is 16.7. The van der Waals surface area contributed by atoms with Gasteiger partial charge in [-0.05, 0) is 18.1 Å². The number of hydrogen-bond acceptors (Lipinski definition) is 5. The van der Waals surface area contributed by atoms with Crippen molar-refractivity contribution in [2.75, 3.05) is 0 Å². The summed E-state index contributed by atoms with van der Waals surface area (Å²) in [5, 5.41) is 11.3. The Morgan fingerprint density at radius 3 is 2.61 bits per heavy atom. The summed E-state index contributed by atoms with van der Waals surface area (Å²) in [6.07, 6.45) is -0.118. The Balaban J connectivity index is 2.04. The van der Waals surface area contributed by atoms with E-state index in [0.29, 0.717) is 5.56 Å². The minimum atomic E-state index is -1.28. The van der Waals surface area contributed by atoms with Gasteiger partial charge < -0.3 is 5.11 Å². The van der Waals surface area contributed by atoms with Crippen molar-refractivity contribution in [1.82, 2.24) is 10.2 Å². The van der Waals surface area contributed by atoms with Crippen LogP contribution in [0.2, 0.25) is 0 Å². The number of carbonyl (C=O) groups excluding carboxylic acids is 4. The fourth-order valence-corrected chi connectivity index (χ4v) is 2.90. The van der Waals surface area contributed by atoms with E-state index in [4.69, 9.17) is 0 Å². The van der Waals surface area contributed by atoms with Gasteiger partial charge in [-0.3, -0.25) is 29.4 Å². The molecule has 1 atom stereocenters. The third-order valence-corrected chi connectivity index (χ3v) is 3.95. The van der Waals surface area contributed by atoms with Gasteiger partial charge in [-0.1, -0.05) is 12.1 Å². The van der Waals surface area contributed by atoms with Crippen LogP contribution in [0.1, 0.15) is 39.1 Å². The molecule has 23 heavy (non-hydrogen) atoms. The molecule has 1 saturated heterocycles. The van der Waals surface area contributed by atoms with Crippen LogP contribution in [0.5, 0.6) is 0 Å². The number of imide groups is 2. The molecule has 118 valence electrons. The van der Waals surface area contributed by atoms with Gasteiger partial charge in [0.1, 0.15) is 6.04 Å². The number of nitrogens with one attached hydrogen (secondary N) is 1. The van der Waals surface area contributed by atoms with Crippen molar-refractivity contribution < 1.29 is 29.1 Å². The first-order valence-electron chi connectivity index (χ1n) is 6.95. The molecule has 2 aliphatic rings. The third-order valence-electron chi connectivity index (χ3n) is 3.95. The number of carboxylic acids is 1. The highest BCUT2D eigenvalue weighted by Crippen LogP contribution is 2.27. The van der Waals surface area contributed by atoms with Crippen molar-refractivity contribution in [2.24, 2.45) is 0 Å². The highest BCUT2D eigenvalue weighted by atomic mass is 16.4. The molecule has 0 radical (unpaired) electrons. The molecule has 0 bridgehead atoms. The molecule has 0 aliphatic carbocycles. The summed E-state index contributed by atoms with van der Waals surface area (Å²) >= 11 is 0. The van der Waals surface area contributed by atoms with Crippen molar-refractivity contribution >= 4 is 29.6 Å². The molecule has 1 aromatic carbocycles. The van der Waals surface area contributed by atoms with Crippen LogP contribution >= 0.6 is 0 Å². The molecule has 8 heteroatoms. The van der Waals surface area contributed by atoms with Gasteiger partial charge >= 0.3 is 5.97 Å². The van der Waals surface area contributed by atoms with Gasteiger partial charge in [0.25, 0.3) is 5.91 Å². The Bertz CT molecular complexity index is 769. The lowest BCUT2D eigenvalue weighted by atomic mass is 9.91. The molecule has 2 heterocycles. The largest absolute Gasteiger partial charge is 0.478 e. The second-order valence-electron chi connectivity index (χ2n) is 5.36. The number of carboxylic acid groups (broad SMARTS) is 1. The molecule has 1 aromatic rings. The number of benzene rings is 1. The first-order valence-corrected chi connectivity index (χ1v) is 6.95. The zero-order valence-electron chi connectivity index (χ0n) is 11.9. The summed E-state index contributed by atoms with van der Waals surface area (Å²) in [5.74, 6) is -3.87. The molecule has 1 fully saturated rings. The number of carbonyl (C=O) groups is 5. The summed E-state index contributed by atoms with van der Waals surface area (Å²) in [7, 11) is 0. The van der Waals surface area contributed by atoms with Crippen LogP contribution in [0.15, 0.2) is 18.2 Å². The molecular formula is C15H12N2O6. The highest BCUT2D eigenvalue weighted by molar-refractivity contribution is 6.17. The van der Waals surface area contributed by atoms with E-state index >= 15 is 0 Å². The van der Waals surface area contributed by atoms with E-state index in [0.717, 1.165) is 4.90 Å². The number of rotatable bonds is 2. The quantitative estimate of drug-likeness (QED) is 0.724. The molecule has 3 rings (SSSR count). The van der Waals surface area contributed by atoms with E-state index in [1.54, 1.807) is 0 Å². The number of piperidine rings is 1. The molecule has 0 saturated carbocycles. The van der Waals surface area contributed by atoms with E-state index < -0.39 is 35.6 Å². The molecule has 8 nitrogen and oxygen atoms in total. The molecule has 2 aliphatic heterocycles. The lowest BCUT2D eigenvalue weighted by molar-refractivity contribution is -0.143. The Hall–Kier alpha value is -3.03. The van der Waals surface area contributed by atoms with E-state index in [1.165, 1.54) is 18.2 Å². The Kier molecular flexibility index (Phi) is 3.44. The SMILES string of the molecule is O=C1CCC(N2C(=O)Cc3cccc(C(=O)O)c3C2=O)C(=O)N1. The van der Waals surface area contributed by atoms with E-state index in [2.05, 4.69) is 5.32 Å². The summed E-state index contributed by atoms with van der Waals surface area (Å²) in [6.45, 7) is 0. The standard InChI is InChI=1S/C15H12N2O6/c18-10-5-4-9(13(20)16-10)17-11(19)6-7-2-1-3-8(15(22)23)12(7)14(17)21/h1-3,9H,4-6H2,(H,22,23)(H,16,18,20). The average Bonchev–Trinajstić information content (AvgIpc) is 2.48. The second-order valence-corrected chi connectivity index (χ2v) is 5.36. The summed E-state index contributed by atoms with van der Waals surface area (Å²) in [4.78, 5) is 60.1. The molecular weight excluding hydrogens is 304 g/mol. The van der Waals surface area contributed by atoms with Gasteiger partial charge in [0, 0.05) is 6.42 Å². The van der Waals surface area contributed by atoms with Crippen molar-refractivity contribution in [3.05, 3.63) is 34.9 Å². The lowest BCUT2D eigenvalue weighted by Gasteiger charge is -2.34. The first kappa shape index (κ1) is 14.9. The van der Waals surface area contributed by atoms with Crippen LogP contribution in [0.3, 0.4) is 0 Å². The van der Waals surface area contributed by atoms with Crippen LogP contribution in [-0.2, 0) is 20.8 Å². The maximum absolute atomic E-state index is 12.7. The number of aromatic carboxylic acids is 1. The number of amides is 4. The number of nitrogens with zero attached hydrogens (tertiary/aromatic N) is 1. The number of hydrogen-bond donors (Lipinski definition) is 2. The van der Waals surface area contributed by atoms with Crippen molar-refractivity contribution in [3.63, 3.8) is 0 Å². The molecule has 2 N–H and O–H groups in total. The predicted molar refractivity (Wildman–Crippen MR) is 74.5 cm³/mol.